The second-order valence-corrected chi connectivity index (χ2v) is 7.77. The summed E-state index contributed by atoms with van der Waals surface area (Å²) < 4.78 is 26.7. The summed E-state index contributed by atoms with van der Waals surface area (Å²) in [6.07, 6.45) is 0. The molecule has 2 aromatic rings. The van der Waals surface area contributed by atoms with Gasteiger partial charge in [0.05, 0.1) is 12.4 Å². The topological polar surface area (TPSA) is 83.6 Å². The molecule has 0 atom stereocenters. The molecule has 0 aromatic heterocycles. The van der Waals surface area contributed by atoms with Gasteiger partial charge in [0, 0.05) is 18.7 Å². The van der Waals surface area contributed by atoms with Crippen LogP contribution in [-0.2, 0) is 22.3 Å². The molecule has 7 heteroatoms. The monoisotopic (exact) mass is 364 g/mol. The predicted molar refractivity (Wildman–Crippen MR) is 98.9 cm³/mol. The first-order valence-electron chi connectivity index (χ1n) is 7.44. The number of thiocarbonyl (C=S) groups is 1. The Hall–Kier alpha value is -1.80. The molecular weight excluding hydrogens is 344 g/mol. The third-order valence-corrected chi connectivity index (χ3v) is 5.54. The highest BCUT2D eigenvalue weighted by molar-refractivity contribution is 7.88. The molecule has 0 bridgehead atoms. The van der Waals surface area contributed by atoms with Crippen LogP contribution in [0.1, 0.15) is 16.7 Å². The molecule has 0 fully saturated rings. The lowest BCUT2D eigenvalue weighted by molar-refractivity contribution is 0.251. The largest absolute Gasteiger partial charge is 0.395 e. The molecule has 0 radical (unpaired) electrons. The SMILES string of the molecule is NC(=S)c1cccc(CS(=O)(=O)N(CCO)Cc2ccccc2)c1. The third kappa shape index (κ3) is 5.10. The van der Waals surface area contributed by atoms with Gasteiger partial charge in [-0.05, 0) is 17.2 Å². The normalized spacial score (nSPS) is 11.6. The number of aliphatic hydroxyl groups is 1. The fourth-order valence-corrected chi connectivity index (χ4v) is 3.95. The number of hydrogen-bond donors (Lipinski definition) is 2. The lowest BCUT2D eigenvalue weighted by Gasteiger charge is -2.21. The molecule has 2 aromatic carbocycles. The summed E-state index contributed by atoms with van der Waals surface area (Å²) in [6.45, 7) is 0.0317. The average molecular weight is 364 g/mol. The van der Waals surface area contributed by atoms with Gasteiger partial charge in [0.25, 0.3) is 0 Å². The average Bonchev–Trinajstić information content (AvgIpc) is 2.55. The van der Waals surface area contributed by atoms with Gasteiger partial charge in [-0.2, -0.15) is 4.31 Å². The molecule has 2 rings (SSSR count). The van der Waals surface area contributed by atoms with E-state index < -0.39 is 10.0 Å². The Kier molecular flexibility index (Phi) is 6.44. The predicted octanol–water partition coefficient (Wildman–Crippen LogP) is 1.65. The summed E-state index contributed by atoms with van der Waals surface area (Å²) in [5.41, 5.74) is 7.70. The Morgan fingerprint density at radius 1 is 1.08 bits per heavy atom. The van der Waals surface area contributed by atoms with Crippen molar-refractivity contribution >= 4 is 27.2 Å². The molecule has 0 aliphatic carbocycles. The standard InChI is InChI=1S/C17H20N2O3S2/c18-17(23)16-8-4-7-15(11-16)13-24(21,22)19(9-10-20)12-14-5-2-1-3-6-14/h1-8,11,20H,9-10,12-13H2,(H2,18,23). The molecule has 0 saturated carbocycles. The van der Waals surface area contributed by atoms with E-state index in [4.69, 9.17) is 18.0 Å². The Morgan fingerprint density at radius 3 is 2.38 bits per heavy atom. The second kappa shape index (κ2) is 8.34. The summed E-state index contributed by atoms with van der Waals surface area (Å²) >= 11 is 4.93. The minimum absolute atomic E-state index is 0.0478. The first kappa shape index (κ1) is 18.5. The zero-order valence-corrected chi connectivity index (χ0v) is 14.8. The zero-order chi connectivity index (χ0) is 17.6. The Balaban J connectivity index is 2.21. The van der Waals surface area contributed by atoms with E-state index in [2.05, 4.69) is 0 Å². The van der Waals surface area contributed by atoms with E-state index >= 15 is 0 Å². The number of nitrogens with zero attached hydrogens (tertiary/aromatic N) is 1. The second-order valence-electron chi connectivity index (χ2n) is 5.36. The molecular formula is C17H20N2O3S2. The Bertz CT molecular complexity index is 792. The van der Waals surface area contributed by atoms with Crippen molar-refractivity contribution in [3.63, 3.8) is 0 Å². The van der Waals surface area contributed by atoms with Crippen molar-refractivity contribution < 1.29 is 13.5 Å². The summed E-state index contributed by atoms with van der Waals surface area (Å²) in [7, 11) is -3.59. The van der Waals surface area contributed by atoms with E-state index in [0.717, 1.165) is 5.56 Å². The zero-order valence-electron chi connectivity index (χ0n) is 13.1. The molecule has 0 unspecified atom stereocenters. The maximum Gasteiger partial charge on any atom is 0.218 e. The summed E-state index contributed by atoms with van der Waals surface area (Å²) in [5.74, 6) is -0.170. The van der Waals surface area contributed by atoms with Crippen LogP contribution in [0.5, 0.6) is 0 Å². The highest BCUT2D eigenvalue weighted by Crippen LogP contribution is 2.15. The maximum absolute atomic E-state index is 12.7. The molecule has 0 heterocycles. The van der Waals surface area contributed by atoms with Crippen LogP contribution in [0.4, 0.5) is 0 Å². The van der Waals surface area contributed by atoms with Crippen LogP contribution in [0.15, 0.2) is 54.6 Å². The molecule has 0 spiro atoms. The Labute approximate surface area is 147 Å². The summed E-state index contributed by atoms with van der Waals surface area (Å²) in [4.78, 5) is 0.228. The fraction of sp³-hybridized carbons (Fsp3) is 0.235. The van der Waals surface area contributed by atoms with Crippen LogP contribution in [0.25, 0.3) is 0 Å². The van der Waals surface area contributed by atoms with Crippen LogP contribution in [0.2, 0.25) is 0 Å². The van der Waals surface area contributed by atoms with Gasteiger partial charge in [0.15, 0.2) is 0 Å². The van der Waals surface area contributed by atoms with Gasteiger partial charge in [-0.15, -0.1) is 0 Å². The van der Waals surface area contributed by atoms with Crippen molar-refractivity contribution in [3.8, 4) is 0 Å². The number of sulfonamides is 1. The van der Waals surface area contributed by atoms with E-state index in [0.29, 0.717) is 11.1 Å². The van der Waals surface area contributed by atoms with E-state index in [1.165, 1.54) is 4.31 Å². The molecule has 0 aliphatic heterocycles. The molecule has 5 nitrogen and oxygen atoms in total. The van der Waals surface area contributed by atoms with Crippen molar-refractivity contribution in [2.45, 2.75) is 12.3 Å². The number of aliphatic hydroxyl groups excluding tert-OH is 1. The number of hydrogen-bond acceptors (Lipinski definition) is 4. The van der Waals surface area contributed by atoms with Crippen LogP contribution < -0.4 is 5.73 Å². The highest BCUT2D eigenvalue weighted by atomic mass is 32.2. The fourth-order valence-electron chi connectivity index (χ4n) is 2.33. The van der Waals surface area contributed by atoms with Gasteiger partial charge in [-0.25, -0.2) is 8.42 Å². The van der Waals surface area contributed by atoms with E-state index in [-0.39, 0.29) is 30.4 Å². The first-order valence-corrected chi connectivity index (χ1v) is 9.45. The van der Waals surface area contributed by atoms with Crippen LogP contribution in [0.3, 0.4) is 0 Å². The van der Waals surface area contributed by atoms with Crippen molar-refractivity contribution in [1.82, 2.24) is 4.31 Å². The van der Waals surface area contributed by atoms with Crippen molar-refractivity contribution in [1.29, 1.82) is 0 Å². The van der Waals surface area contributed by atoms with Crippen LogP contribution >= 0.6 is 12.2 Å². The lowest BCUT2D eigenvalue weighted by atomic mass is 10.1. The quantitative estimate of drug-likeness (QED) is 0.696. The first-order chi connectivity index (χ1) is 11.4. The van der Waals surface area contributed by atoms with Gasteiger partial charge in [0.1, 0.15) is 4.99 Å². The van der Waals surface area contributed by atoms with E-state index in [9.17, 15) is 13.5 Å². The van der Waals surface area contributed by atoms with Gasteiger partial charge >= 0.3 is 0 Å². The molecule has 0 amide bonds. The van der Waals surface area contributed by atoms with Gasteiger partial charge in [-0.3, -0.25) is 0 Å². The number of benzene rings is 2. The van der Waals surface area contributed by atoms with E-state index in [1.54, 1.807) is 24.3 Å². The van der Waals surface area contributed by atoms with Gasteiger partial charge < -0.3 is 10.8 Å². The van der Waals surface area contributed by atoms with Crippen molar-refractivity contribution in [2.75, 3.05) is 13.2 Å². The van der Waals surface area contributed by atoms with Crippen molar-refractivity contribution in [2.24, 2.45) is 5.73 Å². The smallest absolute Gasteiger partial charge is 0.218 e. The van der Waals surface area contributed by atoms with Crippen LogP contribution in [-0.4, -0.2) is 36.0 Å². The molecule has 0 saturated heterocycles. The summed E-state index contributed by atoms with van der Waals surface area (Å²) in [5, 5.41) is 9.22. The van der Waals surface area contributed by atoms with Gasteiger partial charge in [0.2, 0.25) is 10.0 Å². The van der Waals surface area contributed by atoms with Crippen LogP contribution in [0, 0.1) is 0 Å². The molecule has 128 valence electrons. The van der Waals surface area contributed by atoms with E-state index in [1.807, 2.05) is 30.3 Å². The minimum Gasteiger partial charge on any atom is -0.395 e. The highest BCUT2D eigenvalue weighted by Gasteiger charge is 2.22. The van der Waals surface area contributed by atoms with Crippen molar-refractivity contribution in [3.05, 3.63) is 71.3 Å². The number of rotatable bonds is 8. The third-order valence-electron chi connectivity index (χ3n) is 3.51. The maximum atomic E-state index is 12.7. The minimum atomic E-state index is -3.59. The van der Waals surface area contributed by atoms with Gasteiger partial charge in [-0.1, -0.05) is 60.7 Å². The Morgan fingerprint density at radius 2 is 1.75 bits per heavy atom. The molecule has 24 heavy (non-hydrogen) atoms. The lowest BCUT2D eigenvalue weighted by Crippen LogP contribution is -2.34. The summed E-state index contributed by atoms with van der Waals surface area (Å²) in [6, 6.07) is 16.2. The molecule has 0 aliphatic rings. The molecule has 3 N–H and O–H groups in total. The number of nitrogens with two attached hydrogens (primary N) is 1.